The van der Waals surface area contributed by atoms with Crippen molar-refractivity contribution >= 4 is 28.7 Å². The summed E-state index contributed by atoms with van der Waals surface area (Å²) in [6, 6.07) is 10.4. The average Bonchev–Trinajstić information content (AvgIpc) is 3.44. The van der Waals surface area contributed by atoms with E-state index in [1.165, 1.54) is 10.6 Å². The molecule has 2 aliphatic rings. The van der Waals surface area contributed by atoms with Gasteiger partial charge in [0.15, 0.2) is 0 Å². The van der Waals surface area contributed by atoms with E-state index >= 15 is 0 Å². The zero-order valence-corrected chi connectivity index (χ0v) is 23.8. The first kappa shape index (κ1) is 27.4. The summed E-state index contributed by atoms with van der Waals surface area (Å²) in [6.07, 6.45) is 7.29. The average molecular weight is 577 g/mol. The van der Waals surface area contributed by atoms with Gasteiger partial charge in [0, 0.05) is 18.1 Å². The molecule has 0 unspecified atom stereocenters. The van der Waals surface area contributed by atoms with E-state index in [0.29, 0.717) is 37.7 Å². The number of hydrogen-bond acceptors (Lipinski definition) is 6. The minimum absolute atomic E-state index is 0.0729. The van der Waals surface area contributed by atoms with E-state index in [-0.39, 0.29) is 40.8 Å². The lowest BCUT2D eigenvalue weighted by atomic mass is 9.90. The first-order valence-corrected chi connectivity index (χ1v) is 15.4. The van der Waals surface area contributed by atoms with Crippen molar-refractivity contribution in [3.63, 3.8) is 0 Å². The summed E-state index contributed by atoms with van der Waals surface area (Å²) in [5, 5.41) is 7.76. The van der Waals surface area contributed by atoms with Crippen molar-refractivity contribution in [3.05, 3.63) is 86.7 Å². The van der Waals surface area contributed by atoms with Gasteiger partial charge in [-0.1, -0.05) is 25.1 Å². The van der Waals surface area contributed by atoms with Crippen LogP contribution in [0.25, 0.3) is 16.7 Å². The van der Waals surface area contributed by atoms with Gasteiger partial charge < -0.3 is 5.32 Å². The Bertz CT molecular complexity index is 1680. The summed E-state index contributed by atoms with van der Waals surface area (Å²) < 4.78 is 18.9. The van der Waals surface area contributed by atoms with E-state index in [1.807, 2.05) is 49.0 Å². The first-order chi connectivity index (χ1) is 20.0. The molecule has 4 heterocycles. The van der Waals surface area contributed by atoms with E-state index < -0.39 is 11.4 Å². The van der Waals surface area contributed by atoms with Gasteiger partial charge >= 0.3 is 5.69 Å². The van der Waals surface area contributed by atoms with E-state index in [9.17, 15) is 18.8 Å². The molecule has 0 spiro atoms. The molecule has 0 radical (unpaired) electrons. The molecule has 41 heavy (non-hydrogen) atoms. The van der Waals surface area contributed by atoms with Crippen molar-refractivity contribution in [3.8, 4) is 5.69 Å². The second-order valence-corrected chi connectivity index (χ2v) is 12.0. The van der Waals surface area contributed by atoms with Gasteiger partial charge in [-0.05, 0) is 74.7 Å². The number of amides is 1. The third-order valence-electron chi connectivity index (χ3n) is 8.33. The maximum atomic E-state index is 14.2. The van der Waals surface area contributed by atoms with Crippen LogP contribution in [0.3, 0.4) is 0 Å². The second-order valence-electron chi connectivity index (χ2n) is 10.8. The monoisotopic (exact) mass is 576 g/mol. The third kappa shape index (κ3) is 5.23. The molecule has 214 valence electrons. The predicted molar refractivity (Wildman–Crippen MR) is 158 cm³/mol. The van der Waals surface area contributed by atoms with Gasteiger partial charge in [-0.15, -0.1) is 0 Å². The smallest absolute Gasteiger partial charge is 0.333 e. The topological polar surface area (TPSA) is 104 Å². The lowest BCUT2D eigenvalue weighted by molar-refractivity contribution is 0.0921. The molecule has 1 saturated carbocycles. The van der Waals surface area contributed by atoms with Crippen molar-refractivity contribution in [1.82, 2.24) is 29.2 Å². The number of aromatic nitrogens is 5. The fraction of sp³-hybridized carbons (Fsp3) is 0.433. The number of hydrogen-bond donors (Lipinski definition) is 1. The number of rotatable bonds is 6. The van der Waals surface area contributed by atoms with Gasteiger partial charge in [0.2, 0.25) is 0 Å². The number of halogens is 1. The summed E-state index contributed by atoms with van der Waals surface area (Å²) in [7, 11) is 0. The molecular weight excluding hydrogens is 543 g/mol. The van der Waals surface area contributed by atoms with Crippen LogP contribution in [0, 0.1) is 5.82 Å². The predicted octanol–water partition coefficient (Wildman–Crippen LogP) is 4.43. The van der Waals surface area contributed by atoms with Crippen molar-refractivity contribution in [2.24, 2.45) is 0 Å². The first-order valence-electron chi connectivity index (χ1n) is 14.3. The Hall–Kier alpha value is -3.73. The van der Waals surface area contributed by atoms with Gasteiger partial charge in [-0.2, -0.15) is 16.9 Å². The maximum absolute atomic E-state index is 14.2. The van der Waals surface area contributed by atoms with Crippen molar-refractivity contribution in [2.45, 2.75) is 70.0 Å². The largest absolute Gasteiger partial charge is 0.349 e. The number of carbonyl (C=O) groups excluding carboxylic acids is 1. The molecule has 1 amide bonds. The van der Waals surface area contributed by atoms with Crippen molar-refractivity contribution in [1.29, 1.82) is 0 Å². The van der Waals surface area contributed by atoms with Crippen LogP contribution in [0.5, 0.6) is 0 Å². The highest BCUT2D eigenvalue weighted by atomic mass is 32.2. The second kappa shape index (κ2) is 11.6. The van der Waals surface area contributed by atoms with Crippen LogP contribution in [0.4, 0.5) is 4.39 Å². The molecule has 1 N–H and O–H groups in total. The standard InChI is InChI=1S/C30H33FN6O3S/c1-2-26-25(18-33-37(26)23-6-4-3-5-7-23)28(38)34-20-8-10-21(11-9-20)36-29(39)24-16-19(31)17-32-27(24)35(30(36)40)22-12-14-41-15-13-22/h3-7,16-18,20-22H,2,8-15H2,1H3,(H,34,38). The van der Waals surface area contributed by atoms with Gasteiger partial charge in [0.25, 0.3) is 11.5 Å². The Labute approximate surface area is 240 Å². The van der Waals surface area contributed by atoms with Gasteiger partial charge in [0.05, 0.1) is 34.7 Å². The Balaban J connectivity index is 1.22. The Morgan fingerprint density at radius 2 is 1.71 bits per heavy atom. The minimum Gasteiger partial charge on any atom is -0.349 e. The Kier molecular flexibility index (Phi) is 7.79. The lowest BCUT2D eigenvalue weighted by Crippen LogP contribution is -2.46. The van der Waals surface area contributed by atoms with Gasteiger partial charge in [-0.3, -0.25) is 18.7 Å². The molecule has 1 aliphatic heterocycles. The summed E-state index contributed by atoms with van der Waals surface area (Å²) in [5.74, 6) is 1.08. The van der Waals surface area contributed by atoms with Crippen LogP contribution in [0.2, 0.25) is 0 Å². The summed E-state index contributed by atoms with van der Waals surface area (Å²) in [4.78, 5) is 44.8. The van der Waals surface area contributed by atoms with Crippen molar-refractivity contribution in [2.75, 3.05) is 11.5 Å². The molecule has 9 nitrogen and oxygen atoms in total. The quantitative estimate of drug-likeness (QED) is 0.364. The molecule has 3 aromatic heterocycles. The van der Waals surface area contributed by atoms with E-state index in [1.54, 1.807) is 15.4 Å². The van der Waals surface area contributed by atoms with E-state index in [0.717, 1.165) is 41.9 Å². The highest BCUT2D eigenvalue weighted by Crippen LogP contribution is 2.30. The number of thioether (sulfide) groups is 1. The normalized spacial score (nSPS) is 19.9. The number of pyridine rings is 1. The number of para-hydroxylation sites is 1. The number of nitrogens with one attached hydrogen (secondary N) is 1. The zero-order chi connectivity index (χ0) is 28.5. The molecule has 6 rings (SSSR count). The maximum Gasteiger partial charge on any atom is 0.333 e. The minimum atomic E-state index is -0.598. The Morgan fingerprint density at radius 1 is 1.00 bits per heavy atom. The lowest BCUT2D eigenvalue weighted by Gasteiger charge is -2.31. The fourth-order valence-electron chi connectivity index (χ4n) is 6.24. The highest BCUT2D eigenvalue weighted by molar-refractivity contribution is 7.99. The molecule has 0 bridgehead atoms. The van der Waals surface area contributed by atoms with Crippen LogP contribution in [0.1, 0.15) is 73.6 Å². The molecule has 1 aromatic carbocycles. The SMILES string of the molecule is CCc1c(C(=O)NC2CCC(n3c(=O)c4cc(F)cnc4n(C4CCSCC4)c3=O)CC2)cnn1-c1ccccc1. The number of nitrogens with zero attached hydrogens (tertiary/aromatic N) is 5. The fourth-order valence-corrected chi connectivity index (χ4v) is 7.32. The third-order valence-corrected chi connectivity index (χ3v) is 9.37. The molecule has 0 atom stereocenters. The Morgan fingerprint density at radius 3 is 2.41 bits per heavy atom. The number of benzene rings is 1. The van der Waals surface area contributed by atoms with Crippen molar-refractivity contribution < 1.29 is 9.18 Å². The van der Waals surface area contributed by atoms with E-state index in [2.05, 4.69) is 15.4 Å². The van der Waals surface area contributed by atoms with E-state index in [4.69, 9.17) is 0 Å². The molecule has 11 heteroatoms. The zero-order valence-electron chi connectivity index (χ0n) is 23.0. The highest BCUT2D eigenvalue weighted by Gasteiger charge is 2.30. The molecule has 1 saturated heterocycles. The summed E-state index contributed by atoms with van der Waals surface area (Å²) >= 11 is 1.84. The number of fused-ring (bicyclic) bond motifs is 1. The molecule has 4 aromatic rings. The van der Waals surface area contributed by atoms with Gasteiger partial charge in [0.1, 0.15) is 11.5 Å². The molecule has 1 aliphatic carbocycles. The van der Waals surface area contributed by atoms with Gasteiger partial charge in [-0.25, -0.2) is 18.9 Å². The van der Waals surface area contributed by atoms with Crippen LogP contribution in [0.15, 0.2) is 58.4 Å². The van der Waals surface area contributed by atoms with Crippen LogP contribution in [-0.4, -0.2) is 47.4 Å². The van der Waals surface area contributed by atoms with Crippen LogP contribution in [-0.2, 0) is 6.42 Å². The van der Waals surface area contributed by atoms with Crippen LogP contribution >= 0.6 is 11.8 Å². The molecule has 2 fully saturated rings. The molecular formula is C30H33FN6O3S. The van der Waals surface area contributed by atoms with Crippen LogP contribution < -0.4 is 16.6 Å². The number of carbonyl (C=O) groups is 1. The summed E-state index contributed by atoms with van der Waals surface area (Å²) in [6.45, 7) is 2.00. The summed E-state index contributed by atoms with van der Waals surface area (Å²) in [5.41, 5.74) is 1.69.